The minimum atomic E-state index is -0.379. The standard InChI is InChI=1S/C19H28ClN3O.C13H21NO.C5H11NO.CH2O/c1-5-16(13(3)19(21)24)17-10-14(20)11-18(12(17)2)22-15-6-8-23(4)9-7-15;1-3-9-14-10-12(2)11-15-13-7-5-4-6-8-13;1-5(2,3)6-4-7;1-2/h10-11,15,22H,5-9H2,1-4H3,(H2,21,24);4-8,12,14H,3,9-11H2,1-2H3;4H,1-3H3,(H,6,7);1H2/b16-13+;;;. The highest BCUT2D eigenvalue weighted by Crippen LogP contribution is 2.33. The van der Waals surface area contributed by atoms with Gasteiger partial charge in [-0.2, -0.15) is 0 Å². The molecule has 9 nitrogen and oxygen atoms in total. The Bertz CT molecular complexity index is 1230. The number of nitrogens with zero attached hydrogens (tertiary/aromatic N) is 1. The molecule has 5 N–H and O–H groups in total. The van der Waals surface area contributed by atoms with Gasteiger partial charge in [-0.1, -0.05) is 50.6 Å². The van der Waals surface area contributed by atoms with Crippen LogP contribution >= 0.6 is 11.6 Å². The number of amides is 2. The maximum absolute atomic E-state index is 11.6. The quantitative estimate of drug-likeness (QED) is 0.103. The molecule has 1 atom stereocenters. The zero-order valence-electron chi connectivity index (χ0n) is 30.9. The number of allylic oxidation sites excluding steroid dienone is 1. The van der Waals surface area contributed by atoms with Crippen molar-refractivity contribution in [2.75, 3.05) is 45.2 Å². The lowest BCUT2D eigenvalue weighted by Gasteiger charge is -2.31. The Morgan fingerprint density at radius 3 is 2.23 bits per heavy atom. The number of piperidine rings is 1. The number of benzene rings is 2. The van der Waals surface area contributed by atoms with E-state index in [0.717, 1.165) is 80.2 Å². The van der Waals surface area contributed by atoms with Crippen LogP contribution in [0.2, 0.25) is 5.02 Å². The number of halogens is 1. The summed E-state index contributed by atoms with van der Waals surface area (Å²) in [6, 6.07) is 14.3. The number of primary amides is 1. The first-order chi connectivity index (χ1) is 22.7. The molecule has 0 bridgehead atoms. The first kappa shape index (κ1) is 44.6. The Morgan fingerprint density at radius 2 is 1.75 bits per heavy atom. The monoisotopic (exact) mass is 687 g/mol. The van der Waals surface area contributed by atoms with Gasteiger partial charge in [-0.05, 0) is 128 Å². The van der Waals surface area contributed by atoms with E-state index in [1.165, 1.54) is 6.42 Å². The van der Waals surface area contributed by atoms with Crippen LogP contribution < -0.4 is 26.4 Å². The van der Waals surface area contributed by atoms with Crippen molar-refractivity contribution in [2.45, 2.75) is 92.7 Å². The average Bonchev–Trinajstić information content (AvgIpc) is 3.05. The summed E-state index contributed by atoms with van der Waals surface area (Å²) in [6.07, 6.45) is 4.87. The number of nitrogens with one attached hydrogen (secondary N) is 3. The van der Waals surface area contributed by atoms with Crippen LogP contribution in [0, 0.1) is 12.8 Å². The number of ether oxygens (including phenoxy) is 1. The van der Waals surface area contributed by atoms with Gasteiger partial charge in [0.05, 0.1) is 6.61 Å². The highest BCUT2D eigenvalue weighted by atomic mass is 35.5. The van der Waals surface area contributed by atoms with Gasteiger partial charge < -0.3 is 36.1 Å². The summed E-state index contributed by atoms with van der Waals surface area (Å²) in [5.41, 5.74) is 10.2. The molecule has 1 aliphatic rings. The second kappa shape index (κ2) is 24.7. The van der Waals surface area contributed by atoms with Crippen molar-refractivity contribution in [3.8, 4) is 5.75 Å². The van der Waals surface area contributed by atoms with Crippen molar-refractivity contribution in [1.82, 2.24) is 15.5 Å². The van der Waals surface area contributed by atoms with Crippen molar-refractivity contribution < 1.29 is 19.1 Å². The molecule has 0 radical (unpaired) electrons. The van der Waals surface area contributed by atoms with Gasteiger partial charge in [-0.15, -0.1) is 0 Å². The topological polar surface area (TPSA) is 126 Å². The normalized spacial score (nSPS) is 14.3. The molecule has 2 aromatic rings. The van der Waals surface area contributed by atoms with Crippen LogP contribution in [-0.2, 0) is 14.4 Å². The smallest absolute Gasteiger partial charge is 0.244 e. The van der Waals surface area contributed by atoms with Crippen LogP contribution in [0.15, 0.2) is 48.0 Å². The highest BCUT2D eigenvalue weighted by Gasteiger charge is 2.19. The third-order valence-corrected chi connectivity index (χ3v) is 7.86. The lowest BCUT2D eigenvalue weighted by atomic mass is 9.93. The lowest BCUT2D eigenvalue weighted by molar-refractivity contribution is -0.114. The summed E-state index contributed by atoms with van der Waals surface area (Å²) in [6.45, 7) is 23.2. The predicted octanol–water partition coefficient (Wildman–Crippen LogP) is 6.87. The van der Waals surface area contributed by atoms with E-state index in [1.807, 2.05) is 76.9 Å². The zero-order chi connectivity index (χ0) is 36.7. The van der Waals surface area contributed by atoms with Crippen molar-refractivity contribution in [3.63, 3.8) is 0 Å². The van der Waals surface area contributed by atoms with Gasteiger partial charge in [-0.25, -0.2) is 0 Å². The second-order valence-corrected chi connectivity index (χ2v) is 13.6. The van der Waals surface area contributed by atoms with E-state index in [9.17, 15) is 9.59 Å². The van der Waals surface area contributed by atoms with Gasteiger partial charge in [0.2, 0.25) is 12.3 Å². The highest BCUT2D eigenvalue weighted by molar-refractivity contribution is 6.31. The number of hydrogen-bond donors (Lipinski definition) is 4. The van der Waals surface area contributed by atoms with Crippen LogP contribution in [-0.4, -0.2) is 75.4 Å². The summed E-state index contributed by atoms with van der Waals surface area (Å²) < 4.78 is 5.66. The maximum atomic E-state index is 11.6. The van der Waals surface area contributed by atoms with E-state index < -0.39 is 0 Å². The number of carbonyl (C=O) groups is 3. The Labute approximate surface area is 295 Å². The zero-order valence-corrected chi connectivity index (χ0v) is 31.6. The number of rotatable bonds is 13. The van der Waals surface area contributed by atoms with Crippen molar-refractivity contribution in [2.24, 2.45) is 11.7 Å². The summed E-state index contributed by atoms with van der Waals surface area (Å²) in [4.78, 5) is 31.7. The van der Waals surface area contributed by atoms with Gasteiger partial charge in [0.1, 0.15) is 12.5 Å². The fraction of sp³-hybridized carbons (Fsp3) is 0.553. The minimum Gasteiger partial charge on any atom is -0.493 e. The molecule has 10 heteroatoms. The molecule has 2 amide bonds. The number of anilines is 1. The van der Waals surface area contributed by atoms with E-state index in [-0.39, 0.29) is 11.4 Å². The van der Waals surface area contributed by atoms with E-state index in [0.29, 0.717) is 29.0 Å². The van der Waals surface area contributed by atoms with Gasteiger partial charge in [0.25, 0.3) is 0 Å². The van der Waals surface area contributed by atoms with E-state index >= 15 is 0 Å². The van der Waals surface area contributed by atoms with E-state index in [2.05, 4.69) is 48.7 Å². The molecule has 1 fully saturated rings. The van der Waals surface area contributed by atoms with Gasteiger partial charge in [-0.3, -0.25) is 9.59 Å². The molecule has 1 aliphatic heterocycles. The largest absolute Gasteiger partial charge is 0.493 e. The molecule has 2 aromatic carbocycles. The Kier molecular flexibility index (Phi) is 22.9. The summed E-state index contributed by atoms with van der Waals surface area (Å²) in [5.74, 6) is 1.13. The molecule has 0 aromatic heterocycles. The molecular formula is C38H62ClN5O4. The molecule has 1 unspecified atom stereocenters. The van der Waals surface area contributed by atoms with Crippen molar-refractivity contribution in [3.05, 3.63) is 64.2 Å². The van der Waals surface area contributed by atoms with Gasteiger partial charge in [0.15, 0.2) is 0 Å². The molecule has 1 saturated heterocycles. The fourth-order valence-electron chi connectivity index (χ4n) is 4.84. The Balaban J connectivity index is 0.000000782. The second-order valence-electron chi connectivity index (χ2n) is 13.1. The van der Waals surface area contributed by atoms with Crippen molar-refractivity contribution in [1.29, 1.82) is 0 Å². The number of likely N-dealkylation sites (tertiary alicyclic amines) is 1. The summed E-state index contributed by atoms with van der Waals surface area (Å²) >= 11 is 6.36. The van der Waals surface area contributed by atoms with Crippen molar-refractivity contribution >= 4 is 42.0 Å². The van der Waals surface area contributed by atoms with E-state index in [4.69, 9.17) is 26.9 Å². The summed E-state index contributed by atoms with van der Waals surface area (Å²) in [7, 11) is 2.16. The average molecular weight is 688 g/mol. The predicted molar refractivity (Wildman–Crippen MR) is 203 cm³/mol. The number of carbonyl (C=O) groups excluding carboxylic acids is 3. The maximum Gasteiger partial charge on any atom is 0.244 e. The first-order valence-electron chi connectivity index (χ1n) is 16.9. The van der Waals surface area contributed by atoms with Crippen LogP contribution in [0.3, 0.4) is 0 Å². The van der Waals surface area contributed by atoms with Gasteiger partial charge >= 0.3 is 0 Å². The molecule has 0 saturated carbocycles. The first-order valence-corrected chi connectivity index (χ1v) is 17.2. The number of nitrogens with two attached hydrogens (primary N) is 1. The molecule has 48 heavy (non-hydrogen) atoms. The van der Waals surface area contributed by atoms with Crippen LogP contribution in [0.1, 0.15) is 85.3 Å². The third-order valence-electron chi connectivity index (χ3n) is 7.64. The Morgan fingerprint density at radius 1 is 1.15 bits per heavy atom. The third kappa shape index (κ3) is 18.8. The molecule has 3 rings (SSSR count). The van der Waals surface area contributed by atoms with Crippen LogP contribution in [0.4, 0.5) is 5.69 Å². The molecule has 1 heterocycles. The Hall–Kier alpha value is -3.40. The minimum absolute atomic E-state index is 0.0677. The number of hydrogen-bond acceptors (Lipinski definition) is 7. The molecule has 0 aliphatic carbocycles. The number of para-hydroxylation sites is 1. The summed E-state index contributed by atoms with van der Waals surface area (Å²) in [5, 5.41) is 10.3. The molecular weight excluding hydrogens is 626 g/mol. The lowest BCUT2D eigenvalue weighted by Crippen LogP contribution is -2.36. The fourth-order valence-corrected chi connectivity index (χ4v) is 5.06. The SMILES string of the molecule is C=O.CC(C)(C)NC=O.CC/C(=C(/C)C(N)=O)c1cc(Cl)cc(NC2CCN(C)CC2)c1C.CCCNCC(C)COc1ccccc1. The van der Waals surface area contributed by atoms with Crippen LogP contribution in [0.5, 0.6) is 5.75 Å². The van der Waals surface area contributed by atoms with Gasteiger partial charge in [0, 0.05) is 40.3 Å². The van der Waals surface area contributed by atoms with Crippen LogP contribution in [0.25, 0.3) is 5.57 Å². The van der Waals surface area contributed by atoms with E-state index in [1.54, 1.807) is 6.92 Å². The molecule has 0 spiro atoms. The molecule has 270 valence electrons.